The minimum absolute atomic E-state index is 0.0326. The van der Waals surface area contributed by atoms with Gasteiger partial charge in [-0.05, 0) is 26.1 Å². The van der Waals surface area contributed by atoms with E-state index in [2.05, 4.69) is 34.2 Å². The number of rotatable bonds is 6. The SMILES string of the molecule is COC(=O)c1ccccc1-n1ncc(NCC(C)N2CCN(C)CC2)c(Cl)c1=O. The first kappa shape index (κ1) is 21.3. The van der Waals surface area contributed by atoms with Gasteiger partial charge < -0.3 is 15.0 Å². The zero-order chi connectivity index (χ0) is 21.0. The van der Waals surface area contributed by atoms with Gasteiger partial charge >= 0.3 is 5.97 Å². The first-order valence-corrected chi connectivity index (χ1v) is 9.92. The summed E-state index contributed by atoms with van der Waals surface area (Å²) in [7, 11) is 3.41. The second-order valence-electron chi connectivity index (χ2n) is 7.17. The number of esters is 1. The van der Waals surface area contributed by atoms with Crippen molar-refractivity contribution in [3.05, 3.63) is 51.4 Å². The standard InChI is InChI=1S/C20H26ClN5O3/c1-14(25-10-8-24(2)9-11-25)12-22-16-13-23-26(19(27)18(16)21)17-7-5-4-6-15(17)20(28)29-3/h4-7,13-14,22H,8-12H2,1-3H3. The molecule has 1 N–H and O–H groups in total. The molecule has 1 aromatic carbocycles. The number of nitrogens with zero attached hydrogens (tertiary/aromatic N) is 4. The van der Waals surface area contributed by atoms with Gasteiger partial charge in [0, 0.05) is 38.8 Å². The molecule has 8 nitrogen and oxygen atoms in total. The number of hydrogen-bond acceptors (Lipinski definition) is 7. The van der Waals surface area contributed by atoms with Gasteiger partial charge in [0.2, 0.25) is 0 Å². The van der Waals surface area contributed by atoms with Crippen molar-refractivity contribution in [2.24, 2.45) is 0 Å². The summed E-state index contributed by atoms with van der Waals surface area (Å²) in [5.74, 6) is -0.548. The summed E-state index contributed by atoms with van der Waals surface area (Å²) < 4.78 is 5.90. The van der Waals surface area contributed by atoms with Gasteiger partial charge in [-0.25, -0.2) is 4.79 Å². The number of carbonyl (C=O) groups excluding carboxylic acids is 1. The number of ether oxygens (including phenoxy) is 1. The molecular formula is C20H26ClN5O3. The number of likely N-dealkylation sites (N-methyl/N-ethyl adjacent to an activating group) is 1. The lowest BCUT2D eigenvalue weighted by atomic mass is 10.2. The first-order valence-electron chi connectivity index (χ1n) is 9.54. The predicted octanol–water partition coefficient (Wildman–Crippen LogP) is 1.72. The van der Waals surface area contributed by atoms with Crippen molar-refractivity contribution in [2.45, 2.75) is 13.0 Å². The second kappa shape index (κ2) is 9.39. The molecule has 9 heteroatoms. The van der Waals surface area contributed by atoms with Crippen molar-refractivity contribution >= 4 is 23.3 Å². The van der Waals surface area contributed by atoms with Crippen LogP contribution in [-0.2, 0) is 4.74 Å². The number of aromatic nitrogens is 2. The highest BCUT2D eigenvalue weighted by molar-refractivity contribution is 6.33. The minimum Gasteiger partial charge on any atom is -0.465 e. The Bertz CT molecular complexity index is 925. The third kappa shape index (κ3) is 4.77. The van der Waals surface area contributed by atoms with Crippen LogP contribution < -0.4 is 10.9 Å². The number of piperazine rings is 1. The molecule has 0 spiro atoms. The van der Waals surface area contributed by atoms with E-state index >= 15 is 0 Å². The molecule has 1 aliphatic rings. The maximum Gasteiger partial charge on any atom is 0.340 e. The predicted molar refractivity (Wildman–Crippen MR) is 113 cm³/mol. The molecule has 156 valence electrons. The molecule has 1 unspecified atom stereocenters. The van der Waals surface area contributed by atoms with E-state index in [1.54, 1.807) is 24.3 Å². The summed E-state index contributed by atoms with van der Waals surface area (Å²) in [6, 6.07) is 6.90. The smallest absolute Gasteiger partial charge is 0.340 e. The Morgan fingerprint density at radius 3 is 2.66 bits per heavy atom. The van der Waals surface area contributed by atoms with Crippen molar-refractivity contribution in [1.29, 1.82) is 0 Å². The number of methoxy groups -OCH3 is 1. The van der Waals surface area contributed by atoms with Gasteiger partial charge in [0.1, 0.15) is 5.02 Å². The Labute approximate surface area is 175 Å². The van der Waals surface area contributed by atoms with Crippen LogP contribution in [0, 0.1) is 0 Å². The molecule has 3 rings (SSSR count). The van der Waals surface area contributed by atoms with E-state index < -0.39 is 11.5 Å². The Kier molecular flexibility index (Phi) is 6.89. The van der Waals surface area contributed by atoms with Crippen molar-refractivity contribution in [3.63, 3.8) is 0 Å². The van der Waals surface area contributed by atoms with Crippen molar-refractivity contribution in [1.82, 2.24) is 19.6 Å². The molecule has 1 saturated heterocycles. The van der Waals surface area contributed by atoms with Gasteiger partial charge in [0.15, 0.2) is 0 Å². The van der Waals surface area contributed by atoms with Crippen molar-refractivity contribution in [3.8, 4) is 5.69 Å². The lowest BCUT2D eigenvalue weighted by Crippen LogP contribution is -2.49. The molecular weight excluding hydrogens is 394 g/mol. The summed E-state index contributed by atoms with van der Waals surface area (Å²) >= 11 is 6.33. The third-order valence-corrected chi connectivity index (χ3v) is 5.57. The van der Waals surface area contributed by atoms with E-state index in [1.807, 2.05) is 0 Å². The molecule has 0 amide bonds. The highest BCUT2D eigenvalue weighted by Crippen LogP contribution is 2.19. The van der Waals surface area contributed by atoms with Crippen LogP contribution in [0.1, 0.15) is 17.3 Å². The fraction of sp³-hybridized carbons (Fsp3) is 0.450. The van der Waals surface area contributed by atoms with Crippen LogP contribution in [0.3, 0.4) is 0 Å². The average Bonchev–Trinajstić information content (AvgIpc) is 2.74. The molecule has 2 aromatic rings. The summed E-state index contributed by atoms with van der Waals surface area (Å²) in [5, 5.41) is 7.48. The fourth-order valence-electron chi connectivity index (χ4n) is 3.32. The zero-order valence-electron chi connectivity index (χ0n) is 16.9. The van der Waals surface area contributed by atoms with E-state index in [0.717, 1.165) is 30.9 Å². The third-order valence-electron chi connectivity index (χ3n) is 5.21. The average molecular weight is 420 g/mol. The molecule has 1 atom stereocenters. The lowest BCUT2D eigenvalue weighted by Gasteiger charge is -2.36. The molecule has 0 aliphatic carbocycles. The first-order chi connectivity index (χ1) is 13.9. The monoisotopic (exact) mass is 419 g/mol. The number of hydrogen-bond donors (Lipinski definition) is 1. The molecule has 0 bridgehead atoms. The van der Waals surface area contributed by atoms with Crippen LogP contribution >= 0.6 is 11.6 Å². The number of benzene rings is 1. The van der Waals surface area contributed by atoms with Crippen LogP contribution in [0.4, 0.5) is 5.69 Å². The van der Waals surface area contributed by atoms with E-state index in [0.29, 0.717) is 24.0 Å². The van der Waals surface area contributed by atoms with Gasteiger partial charge in [-0.3, -0.25) is 9.69 Å². The van der Waals surface area contributed by atoms with E-state index in [1.165, 1.54) is 13.3 Å². The zero-order valence-corrected chi connectivity index (χ0v) is 17.6. The van der Waals surface area contributed by atoms with Gasteiger partial charge in [0.05, 0.1) is 30.2 Å². The summed E-state index contributed by atoms with van der Waals surface area (Å²) in [5.41, 5.74) is 0.540. The molecule has 1 aliphatic heterocycles. The van der Waals surface area contributed by atoms with Crippen LogP contribution in [0.5, 0.6) is 0 Å². The molecule has 29 heavy (non-hydrogen) atoms. The summed E-state index contributed by atoms with van der Waals surface area (Å²) in [6.45, 7) is 6.90. The molecule has 1 aromatic heterocycles. The molecule has 0 radical (unpaired) electrons. The summed E-state index contributed by atoms with van der Waals surface area (Å²) in [4.78, 5) is 29.5. The highest BCUT2D eigenvalue weighted by atomic mass is 35.5. The lowest BCUT2D eigenvalue weighted by molar-refractivity contribution is 0.0600. The summed E-state index contributed by atoms with van der Waals surface area (Å²) in [6.07, 6.45) is 1.51. The Balaban J connectivity index is 1.77. The van der Waals surface area contributed by atoms with E-state index in [-0.39, 0.29) is 10.6 Å². The van der Waals surface area contributed by atoms with Gasteiger partial charge in [-0.1, -0.05) is 23.7 Å². The van der Waals surface area contributed by atoms with E-state index in [4.69, 9.17) is 16.3 Å². The number of carbonyl (C=O) groups is 1. The van der Waals surface area contributed by atoms with Crippen LogP contribution in [0.15, 0.2) is 35.3 Å². The normalized spacial score (nSPS) is 16.4. The Morgan fingerprint density at radius 1 is 1.28 bits per heavy atom. The fourth-order valence-corrected chi connectivity index (χ4v) is 3.51. The number of para-hydroxylation sites is 1. The van der Waals surface area contributed by atoms with Gasteiger partial charge in [0.25, 0.3) is 5.56 Å². The van der Waals surface area contributed by atoms with Crippen molar-refractivity contribution in [2.75, 3.05) is 52.2 Å². The largest absolute Gasteiger partial charge is 0.465 e. The molecule has 2 heterocycles. The maximum absolute atomic E-state index is 12.8. The second-order valence-corrected chi connectivity index (χ2v) is 7.55. The van der Waals surface area contributed by atoms with Crippen LogP contribution in [0.2, 0.25) is 5.02 Å². The Hall–Kier alpha value is -2.42. The van der Waals surface area contributed by atoms with Gasteiger partial charge in [-0.2, -0.15) is 9.78 Å². The highest BCUT2D eigenvalue weighted by Gasteiger charge is 2.20. The minimum atomic E-state index is -0.548. The van der Waals surface area contributed by atoms with Crippen LogP contribution in [-0.4, -0.2) is 78.5 Å². The topological polar surface area (TPSA) is 79.7 Å². The quantitative estimate of drug-likeness (QED) is 0.714. The van der Waals surface area contributed by atoms with E-state index in [9.17, 15) is 9.59 Å². The number of anilines is 1. The number of halogens is 1. The maximum atomic E-state index is 12.8. The van der Waals surface area contributed by atoms with Crippen molar-refractivity contribution < 1.29 is 9.53 Å². The molecule has 1 fully saturated rings. The van der Waals surface area contributed by atoms with Gasteiger partial charge in [-0.15, -0.1) is 0 Å². The Morgan fingerprint density at radius 2 is 1.97 bits per heavy atom. The molecule has 0 saturated carbocycles. The van der Waals surface area contributed by atoms with Crippen LogP contribution in [0.25, 0.3) is 5.69 Å². The number of nitrogens with one attached hydrogen (secondary N) is 1.